The summed E-state index contributed by atoms with van der Waals surface area (Å²) in [6.45, 7) is 2.26. The highest BCUT2D eigenvalue weighted by atomic mass is 32.1. The van der Waals surface area contributed by atoms with E-state index >= 15 is 0 Å². The van der Waals surface area contributed by atoms with E-state index in [4.69, 9.17) is 0 Å². The Hall–Kier alpha value is -1.22. The molecule has 0 aromatic carbocycles. The number of aryl methyl sites for hydroxylation is 1. The first-order valence-corrected chi connectivity index (χ1v) is 6.14. The maximum Gasteiger partial charge on any atom is 0.445 e. The monoisotopic (exact) mass is 280 g/mol. The summed E-state index contributed by atoms with van der Waals surface area (Å²) in [6, 6.07) is 0. The molecule has 92 valence electrons. The van der Waals surface area contributed by atoms with Crippen LogP contribution in [0.15, 0.2) is 6.20 Å². The number of halogens is 3. The second-order valence-electron chi connectivity index (χ2n) is 3.11. The zero-order chi connectivity index (χ0) is 12.5. The number of rotatable bonds is 3. The lowest BCUT2D eigenvalue weighted by atomic mass is 10.5. The Kier molecular flexibility index (Phi) is 3.29. The summed E-state index contributed by atoms with van der Waals surface area (Å²) in [5, 5.41) is 9.41. The van der Waals surface area contributed by atoms with Gasteiger partial charge in [0.2, 0.25) is 10.1 Å². The summed E-state index contributed by atoms with van der Waals surface area (Å²) in [5.41, 5.74) is 0. The first-order chi connectivity index (χ1) is 7.95. The molecule has 4 nitrogen and oxygen atoms in total. The molecule has 2 aromatic heterocycles. The molecule has 2 rings (SSSR count). The van der Waals surface area contributed by atoms with Crippen molar-refractivity contribution in [3.05, 3.63) is 21.1 Å². The van der Waals surface area contributed by atoms with Crippen LogP contribution in [-0.2, 0) is 12.7 Å². The van der Waals surface area contributed by atoms with Crippen LogP contribution in [0.2, 0.25) is 0 Å². The minimum Gasteiger partial charge on any atom is -0.355 e. The maximum absolute atomic E-state index is 12.2. The highest BCUT2D eigenvalue weighted by molar-refractivity contribution is 7.15. The van der Waals surface area contributed by atoms with Crippen molar-refractivity contribution < 1.29 is 13.2 Å². The van der Waals surface area contributed by atoms with Crippen molar-refractivity contribution in [2.24, 2.45) is 0 Å². The van der Waals surface area contributed by atoms with Crippen molar-refractivity contribution in [3.8, 4) is 0 Å². The summed E-state index contributed by atoms with van der Waals surface area (Å²) >= 11 is 1.97. The van der Waals surface area contributed by atoms with Gasteiger partial charge >= 0.3 is 6.18 Å². The van der Waals surface area contributed by atoms with Crippen LogP contribution in [0.25, 0.3) is 0 Å². The largest absolute Gasteiger partial charge is 0.445 e. The number of thiazole rings is 1. The van der Waals surface area contributed by atoms with Gasteiger partial charge in [-0.05, 0) is 6.92 Å². The van der Waals surface area contributed by atoms with Gasteiger partial charge in [-0.2, -0.15) is 13.2 Å². The van der Waals surface area contributed by atoms with E-state index in [2.05, 4.69) is 20.5 Å². The number of aromatic nitrogens is 3. The Bertz CT molecular complexity index is 505. The molecule has 0 amide bonds. The molecule has 0 aliphatic rings. The zero-order valence-corrected chi connectivity index (χ0v) is 10.2. The van der Waals surface area contributed by atoms with Gasteiger partial charge in [0.25, 0.3) is 0 Å². The van der Waals surface area contributed by atoms with Crippen molar-refractivity contribution in [1.82, 2.24) is 15.2 Å². The number of hydrogen-bond donors (Lipinski definition) is 1. The number of nitrogens with zero attached hydrogens (tertiary/aromatic N) is 3. The molecular formula is C8H7F3N4S2. The molecule has 0 atom stereocenters. The number of anilines is 1. The summed E-state index contributed by atoms with van der Waals surface area (Å²) in [7, 11) is 0. The first-order valence-electron chi connectivity index (χ1n) is 4.51. The number of nitrogens with one attached hydrogen (secondary N) is 1. The average Bonchev–Trinajstić information content (AvgIpc) is 2.82. The van der Waals surface area contributed by atoms with Gasteiger partial charge in [0.15, 0.2) is 0 Å². The third-order valence-electron chi connectivity index (χ3n) is 1.75. The standard InChI is InChI=1S/C8H7F3N4S2/c1-4-12-2-5(16-4)3-13-7-15-14-6(17-7)8(9,10)11/h2H,3H2,1H3,(H,13,15). The number of alkyl halides is 3. The fourth-order valence-electron chi connectivity index (χ4n) is 1.06. The molecule has 17 heavy (non-hydrogen) atoms. The summed E-state index contributed by atoms with van der Waals surface area (Å²) in [4.78, 5) is 4.98. The van der Waals surface area contributed by atoms with E-state index in [9.17, 15) is 13.2 Å². The lowest BCUT2D eigenvalue weighted by molar-refractivity contribution is -0.138. The van der Waals surface area contributed by atoms with E-state index < -0.39 is 11.2 Å². The van der Waals surface area contributed by atoms with Crippen LogP contribution < -0.4 is 5.32 Å². The Labute approximate surface area is 103 Å². The predicted molar refractivity (Wildman–Crippen MR) is 59.1 cm³/mol. The molecule has 0 fully saturated rings. The van der Waals surface area contributed by atoms with E-state index in [0.717, 1.165) is 9.88 Å². The van der Waals surface area contributed by atoms with E-state index in [0.29, 0.717) is 17.9 Å². The predicted octanol–water partition coefficient (Wildman–Crippen LogP) is 2.93. The highest BCUT2D eigenvalue weighted by Gasteiger charge is 2.35. The second kappa shape index (κ2) is 4.57. The van der Waals surface area contributed by atoms with Crippen molar-refractivity contribution in [2.75, 3.05) is 5.32 Å². The van der Waals surface area contributed by atoms with Crippen LogP contribution in [0.1, 0.15) is 14.9 Å². The molecule has 2 heterocycles. The first kappa shape index (κ1) is 12.2. The lowest BCUT2D eigenvalue weighted by Crippen LogP contribution is -2.03. The Morgan fingerprint density at radius 1 is 1.29 bits per heavy atom. The quantitative estimate of drug-likeness (QED) is 0.939. The van der Waals surface area contributed by atoms with Crippen LogP contribution in [-0.4, -0.2) is 15.2 Å². The summed E-state index contributed by atoms with van der Waals surface area (Å²) in [6.07, 6.45) is -2.75. The fourth-order valence-corrected chi connectivity index (χ4v) is 2.40. The van der Waals surface area contributed by atoms with Gasteiger partial charge in [0.05, 0.1) is 11.6 Å². The van der Waals surface area contributed by atoms with Gasteiger partial charge in [-0.15, -0.1) is 21.5 Å². The van der Waals surface area contributed by atoms with Gasteiger partial charge in [-0.25, -0.2) is 4.98 Å². The molecule has 0 saturated carbocycles. The van der Waals surface area contributed by atoms with Gasteiger partial charge in [-0.3, -0.25) is 0 Å². The van der Waals surface area contributed by atoms with Gasteiger partial charge < -0.3 is 5.32 Å². The molecule has 1 N–H and O–H groups in total. The zero-order valence-electron chi connectivity index (χ0n) is 8.58. The fraction of sp³-hybridized carbons (Fsp3) is 0.375. The molecule has 0 aliphatic heterocycles. The molecule has 9 heteroatoms. The van der Waals surface area contributed by atoms with Crippen molar-refractivity contribution in [2.45, 2.75) is 19.6 Å². The maximum atomic E-state index is 12.2. The highest BCUT2D eigenvalue weighted by Crippen LogP contribution is 2.33. The Morgan fingerprint density at radius 2 is 2.06 bits per heavy atom. The van der Waals surface area contributed by atoms with Crippen molar-refractivity contribution >= 4 is 27.8 Å². The van der Waals surface area contributed by atoms with Crippen molar-refractivity contribution in [1.29, 1.82) is 0 Å². The van der Waals surface area contributed by atoms with Crippen LogP contribution in [0.3, 0.4) is 0 Å². The van der Waals surface area contributed by atoms with Crippen LogP contribution >= 0.6 is 22.7 Å². The summed E-state index contributed by atoms with van der Waals surface area (Å²) in [5.74, 6) is 0. The second-order valence-corrected chi connectivity index (χ2v) is 5.41. The molecule has 0 bridgehead atoms. The van der Waals surface area contributed by atoms with E-state index in [1.165, 1.54) is 11.3 Å². The lowest BCUT2D eigenvalue weighted by Gasteiger charge is -1.98. The average molecular weight is 280 g/mol. The molecular weight excluding hydrogens is 273 g/mol. The minimum absolute atomic E-state index is 0.156. The third-order valence-corrected chi connectivity index (χ3v) is 3.59. The van der Waals surface area contributed by atoms with Crippen molar-refractivity contribution in [3.63, 3.8) is 0 Å². The van der Waals surface area contributed by atoms with Gasteiger partial charge in [-0.1, -0.05) is 11.3 Å². The van der Waals surface area contributed by atoms with Crippen LogP contribution in [0, 0.1) is 6.92 Å². The minimum atomic E-state index is -4.43. The van der Waals surface area contributed by atoms with E-state index in [-0.39, 0.29) is 5.13 Å². The molecule has 0 spiro atoms. The van der Waals surface area contributed by atoms with E-state index in [1.54, 1.807) is 6.20 Å². The van der Waals surface area contributed by atoms with Gasteiger partial charge in [0, 0.05) is 11.1 Å². The topological polar surface area (TPSA) is 50.7 Å². The normalized spacial score (nSPS) is 11.8. The summed E-state index contributed by atoms with van der Waals surface area (Å²) < 4.78 is 36.7. The third kappa shape index (κ3) is 3.13. The van der Waals surface area contributed by atoms with Crippen LogP contribution in [0.4, 0.5) is 18.3 Å². The van der Waals surface area contributed by atoms with Crippen LogP contribution in [0.5, 0.6) is 0 Å². The Balaban J connectivity index is 1.98. The smallest absolute Gasteiger partial charge is 0.355 e. The molecule has 0 saturated heterocycles. The molecule has 0 radical (unpaired) electrons. The molecule has 0 aliphatic carbocycles. The molecule has 0 unspecified atom stereocenters. The van der Waals surface area contributed by atoms with Gasteiger partial charge in [0.1, 0.15) is 0 Å². The Morgan fingerprint density at radius 3 is 2.59 bits per heavy atom. The van der Waals surface area contributed by atoms with E-state index in [1.807, 2.05) is 6.92 Å². The molecule has 2 aromatic rings. The number of hydrogen-bond acceptors (Lipinski definition) is 6. The SMILES string of the molecule is Cc1ncc(CNc2nnc(C(F)(F)F)s2)s1.